The van der Waals surface area contributed by atoms with Gasteiger partial charge in [0.05, 0.1) is 18.8 Å². The van der Waals surface area contributed by atoms with E-state index in [1.54, 1.807) is 6.26 Å². The van der Waals surface area contributed by atoms with Gasteiger partial charge in [0.15, 0.2) is 0 Å². The van der Waals surface area contributed by atoms with Crippen LogP contribution in [-0.4, -0.2) is 69.7 Å². The van der Waals surface area contributed by atoms with Crippen molar-refractivity contribution in [3.8, 4) is 0 Å². The summed E-state index contributed by atoms with van der Waals surface area (Å²) in [5.41, 5.74) is 0. The molecule has 0 aromatic carbocycles. The quantitative estimate of drug-likeness (QED) is 0.643. The molecule has 0 spiro atoms. The number of piperidine rings is 1. The molecule has 0 bridgehead atoms. The lowest BCUT2D eigenvalue weighted by molar-refractivity contribution is -0.122. The van der Waals surface area contributed by atoms with Crippen LogP contribution in [0.5, 0.6) is 0 Å². The number of nitrogens with zero attached hydrogens (tertiary/aromatic N) is 5. The Hall–Kier alpha value is -2.19. The molecule has 0 unspecified atom stereocenters. The molecule has 4 rings (SSSR count). The van der Waals surface area contributed by atoms with E-state index in [1.807, 2.05) is 12.1 Å². The van der Waals surface area contributed by atoms with Crippen LogP contribution in [0.2, 0.25) is 0 Å². The fourth-order valence-corrected chi connectivity index (χ4v) is 5.24. The van der Waals surface area contributed by atoms with Crippen LogP contribution in [0.15, 0.2) is 22.8 Å². The fourth-order valence-electron chi connectivity index (χ4n) is 5.24. The Morgan fingerprint density at radius 2 is 2.09 bits per heavy atom. The zero-order chi connectivity index (χ0) is 22.3. The summed E-state index contributed by atoms with van der Waals surface area (Å²) in [7, 11) is 0. The summed E-state index contributed by atoms with van der Waals surface area (Å²) in [6.07, 6.45) is 8.64. The van der Waals surface area contributed by atoms with Crippen LogP contribution < -0.4 is 5.32 Å². The monoisotopic (exact) mass is 442 g/mol. The fraction of sp³-hybridized carbons (Fsp3) is 0.708. The van der Waals surface area contributed by atoms with Crippen molar-refractivity contribution in [1.29, 1.82) is 0 Å². The molecule has 4 heterocycles. The minimum Gasteiger partial charge on any atom is -0.468 e. The van der Waals surface area contributed by atoms with E-state index in [1.165, 1.54) is 19.3 Å². The Morgan fingerprint density at radius 3 is 2.88 bits per heavy atom. The first-order valence-corrected chi connectivity index (χ1v) is 12.4. The van der Waals surface area contributed by atoms with Gasteiger partial charge in [-0.25, -0.2) is 0 Å². The van der Waals surface area contributed by atoms with Crippen LogP contribution in [0.4, 0.5) is 0 Å². The van der Waals surface area contributed by atoms with E-state index in [2.05, 4.69) is 43.7 Å². The average Bonchev–Trinajstić information content (AvgIpc) is 3.42. The van der Waals surface area contributed by atoms with Gasteiger partial charge in [-0.15, -0.1) is 10.2 Å². The minimum absolute atomic E-state index is 0.0597. The highest BCUT2D eigenvalue weighted by Crippen LogP contribution is 2.28. The molecular weight excluding hydrogens is 404 g/mol. The number of aryl methyl sites for hydroxylation is 1. The lowest BCUT2D eigenvalue weighted by atomic mass is 9.97. The molecule has 1 fully saturated rings. The molecule has 0 saturated carbocycles. The molecule has 2 atom stereocenters. The van der Waals surface area contributed by atoms with Crippen LogP contribution >= 0.6 is 0 Å². The number of nitrogens with one attached hydrogen (secondary N) is 1. The summed E-state index contributed by atoms with van der Waals surface area (Å²) in [5, 5.41) is 12.2. The summed E-state index contributed by atoms with van der Waals surface area (Å²) < 4.78 is 8.01. The number of furan rings is 1. The van der Waals surface area contributed by atoms with Crippen LogP contribution in [0.25, 0.3) is 0 Å². The van der Waals surface area contributed by atoms with Crippen LogP contribution in [-0.2, 0) is 17.8 Å². The number of carbonyl (C=O) groups excluding carboxylic acids is 1. The minimum atomic E-state index is 0.0597. The van der Waals surface area contributed by atoms with Crippen LogP contribution in [0.3, 0.4) is 0 Å². The molecule has 32 heavy (non-hydrogen) atoms. The van der Waals surface area contributed by atoms with Crippen molar-refractivity contribution in [1.82, 2.24) is 29.9 Å². The summed E-state index contributed by atoms with van der Waals surface area (Å²) in [6, 6.07) is 3.96. The van der Waals surface area contributed by atoms with Gasteiger partial charge in [0.1, 0.15) is 17.4 Å². The van der Waals surface area contributed by atoms with Gasteiger partial charge >= 0.3 is 0 Å². The molecule has 0 aliphatic carbocycles. The van der Waals surface area contributed by atoms with Gasteiger partial charge < -0.3 is 14.3 Å². The molecule has 2 aromatic rings. The molecule has 2 aliphatic heterocycles. The summed E-state index contributed by atoms with van der Waals surface area (Å²) in [4.78, 5) is 17.4. The van der Waals surface area contributed by atoms with E-state index < -0.39 is 0 Å². The van der Waals surface area contributed by atoms with E-state index in [9.17, 15) is 4.79 Å². The molecule has 8 heteroatoms. The Morgan fingerprint density at radius 1 is 1.22 bits per heavy atom. The number of rotatable bonds is 9. The standard InChI is InChI=1S/C24H38N6O2/c1-3-29(4-2)20(21-11-9-15-32-21)16-25-23(31)18-28-13-8-10-19(17-28)24-27-26-22-12-6-5-7-14-30(22)24/h9,11,15,19-20H,3-8,10,12-14,16-18H2,1-2H3,(H,25,31)/t19-,20+/m1/s1. The predicted molar refractivity (Wildman–Crippen MR) is 123 cm³/mol. The molecular formula is C24H38N6O2. The lowest BCUT2D eigenvalue weighted by Gasteiger charge is -2.32. The highest BCUT2D eigenvalue weighted by atomic mass is 16.3. The number of likely N-dealkylation sites (N-methyl/N-ethyl adjacent to an activating group) is 1. The summed E-state index contributed by atoms with van der Waals surface area (Å²) >= 11 is 0. The Kier molecular flexibility index (Phi) is 7.97. The van der Waals surface area contributed by atoms with Crippen LogP contribution in [0.1, 0.15) is 75.3 Å². The van der Waals surface area contributed by atoms with Gasteiger partial charge in [-0.3, -0.25) is 14.6 Å². The second-order valence-corrected chi connectivity index (χ2v) is 9.07. The molecule has 2 aliphatic rings. The Balaban J connectivity index is 1.33. The van der Waals surface area contributed by atoms with Gasteiger partial charge in [-0.2, -0.15) is 0 Å². The maximum atomic E-state index is 12.8. The number of hydrogen-bond acceptors (Lipinski definition) is 6. The zero-order valence-corrected chi connectivity index (χ0v) is 19.6. The van der Waals surface area contributed by atoms with E-state index in [-0.39, 0.29) is 11.9 Å². The zero-order valence-electron chi connectivity index (χ0n) is 19.6. The third kappa shape index (κ3) is 5.41. The molecule has 8 nitrogen and oxygen atoms in total. The largest absolute Gasteiger partial charge is 0.468 e. The van der Waals surface area contributed by atoms with Gasteiger partial charge in [-0.1, -0.05) is 20.3 Å². The molecule has 1 N–H and O–H groups in total. The summed E-state index contributed by atoms with van der Waals surface area (Å²) in [5.74, 6) is 3.62. The second-order valence-electron chi connectivity index (χ2n) is 9.07. The number of aromatic nitrogens is 3. The Bertz CT molecular complexity index is 845. The maximum Gasteiger partial charge on any atom is 0.234 e. The first-order chi connectivity index (χ1) is 15.7. The highest BCUT2D eigenvalue weighted by molar-refractivity contribution is 5.78. The predicted octanol–water partition coefficient (Wildman–Crippen LogP) is 2.98. The number of likely N-dealkylation sites (tertiary alicyclic amines) is 1. The molecule has 176 valence electrons. The molecule has 0 radical (unpaired) electrons. The SMILES string of the molecule is CCN(CC)[C@@H](CNC(=O)CN1CCC[C@@H](c2nnc3n2CCCCC3)C1)c1ccco1. The third-order valence-electron chi connectivity index (χ3n) is 6.99. The average molecular weight is 443 g/mol. The lowest BCUT2D eigenvalue weighted by Crippen LogP contribution is -2.44. The van der Waals surface area contributed by atoms with Gasteiger partial charge in [0.2, 0.25) is 5.91 Å². The number of amides is 1. The van der Waals surface area contributed by atoms with E-state index in [0.29, 0.717) is 19.0 Å². The van der Waals surface area contributed by atoms with Crippen molar-refractivity contribution in [2.75, 3.05) is 39.3 Å². The van der Waals surface area contributed by atoms with Gasteiger partial charge in [0.25, 0.3) is 0 Å². The maximum absolute atomic E-state index is 12.8. The van der Waals surface area contributed by atoms with Crippen molar-refractivity contribution in [2.24, 2.45) is 0 Å². The van der Waals surface area contributed by atoms with Crippen molar-refractivity contribution in [3.05, 3.63) is 35.8 Å². The van der Waals surface area contributed by atoms with Crippen molar-refractivity contribution in [2.45, 2.75) is 70.9 Å². The van der Waals surface area contributed by atoms with E-state index in [0.717, 1.165) is 69.4 Å². The van der Waals surface area contributed by atoms with Crippen molar-refractivity contribution in [3.63, 3.8) is 0 Å². The van der Waals surface area contributed by atoms with E-state index in [4.69, 9.17) is 4.42 Å². The van der Waals surface area contributed by atoms with Crippen molar-refractivity contribution >= 4 is 5.91 Å². The highest BCUT2D eigenvalue weighted by Gasteiger charge is 2.28. The Labute approximate surface area is 191 Å². The molecule has 1 amide bonds. The van der Waals surface area contributed by atoms with Crippen LogP contribution in [0, 0.1) is 0 Å². The first kappa shape index (κ1) is 23.0. The third-order valence-corrected chi connectivity index (χ3v) is 6.99. The summed E-state index contributed by atoms with van der Waals surface area (Å²) in [6.45, 7) is 9.96. The van der Waals surface area contributed by atoms with Gasteiger partial charge in [-0.05, 0) is 57.5 Å². The normalized spacial score (nSPS) is 20.7. The topological polar surface area (TPSA) is 79.4 Å². The number of hydrogen-bond donors (Lipinski definition) is 1. The van der Waals surface area contributed by atoms with Crippen molar-refractivity contribution < 1.29 is 9.21 Å². The smallest absolute Gasteiger partial charge is 0.234 e. The number of fused-ring (bicyclic) bond motifs is 1. The first-order valence-electron chi connectivity index (χ1n) is 12.4. The second kappa shape index (κ2) is 11.1. The molecule has 1 saturated heterocycles. The van der Waals surface area contributed by atoms with Gasteiger partial charge in [0, 0.05) is 32.0 Å². The van der Waals surface area contributed by atoms with E-state index >= 15 is 0 Å². The number of carbonyl (C=O) groups is 1. The molecule has 2 aromatic heterocycles.